The van der Waals surface area contributed by atoms with E-state index in [9.17, 15) is 9.59 Å². The number of nitrogens with zero attached hydrogens (tertiary/aromatic N) is 2. The number of amides is 2. The van der Waals surface area contributed by atoms with Gasteiger partial charge in [-0.25, -0.2) is 9.97 Å². The SMILES string of the molecule is Cc1ccc(C)c2sc(NC(=O)c3ccc(Oc4ccc(C(=O)Nc5nc6c(C)ccc(C)c6s5)cc4)cc3)nc12. The van der Waals surface area contributed by atoms with Crippen LogP contribution in [-0.4, -0.2) is 21.8 Å². The van der Waals surface area contributed by atoms with E-state index in [0.717, 1.165) is 42.7 Å². The van der Waals surface area contributed by atoms with Gasteiger partial charge in [0.1, 0.15) is 11.5 Å². The maximum absolute atomic E-state index is 12.8. The summed E-state index contributed by atoms with van der Waals surface area (Å²) in [5.74, 6) is 0.676. The Labute approximate surface area is 244 Å². The number of hydrogen-bond acceptors (Lipinski definition) is 7. The van der Waals surface area contributed by atoms with Crippen LogP contribution in [0.4, 0.5) is 10.3 Å². The van der Waals surface area contributed by atoms with Gasteiger partial charge in [0.25, 0.3) is 11.8 Å². The third-order valence-electron chi connectivity index (χ3n) is 6.79. The second-order valence-electron chi connectivity index (χ2n) is 9.85. The van der Waals surface area contributed by atoms with Gasteiger partial charge < -0.3 is 4.74 Å². The Kier molecular flexibility index (Phi) is 6.98. The normalized spacial score (nSPS) is 11.1. The summed E-state index contributed by atoms with van der Waals surface area (Å²) in [5, 5.41) is 6.95. The van der Waals surface area contributed by atoms with Gasteiger partial charge in [-0.05, 0) is 98.5 Å². The fourth-order valence-corrected chi connectivity index (χ4v) is 6.46. The minimum atomic E-state index is -0.236. The Bertz CT molecular complexity index is 1720. The van der Waals surface area contributed by atoms with Crippen LogP contribution >= 0.6 is 22.7 Å². The number of aryl methyl sites for hydroxylation is 4. The van der Waals surface area contributed by atoms with Crippen molar-refractivity contribution in [3.63, 3.8) is 0 Å². The zero-order valence-electron chi connectivity index (χ0n) is 22.9. The van der Waals surface area contributed by atoms with Crippen molar-refractivity contribution < 1.29 is 14.3 Å². The maximum atomic E-state index is 12.8. The fraction of sp³-hybridized carbons (Fsp3) is 0.125. The predicted octanol–water partition coefficient (Wildman–Crippen LogP) is 8.44. The van der Waals surface area contributed by atoms with Crippen molar-refractivity contribution in [2.75, 3.05) is 10.6 Å². The van der Waals surface area contributed by atoms with Crippen LogP contribution in [0.3, 0.4) is 0 Å². The molecule has 41 heavy (non-hydrogen) atoms. The number of thiazole rings is 2. The molecule has 0 saturated carbocycles. The average Bonchev–Trinajstić information content (AvgIpc) is 3.60. The van der Waals surface area contributed by atoms with Gasteiger partial charge in [-0.1, -0.05) is 46.9 Å². The van der Waals surface area contributed by atoms with Gasteiger partial charge in [-0.3, -0.25) is 20.2 Å². The molecule has 6 aromatic rings. The standard InChI is InChI=1S/C32H26N4O3S2/c1-17-5-7-19(3)27-25(17)33-31(40-27)35-29(37)21-9-13-23(14-10-21)39-24-15-11-22(12-16-24)30(38)36-32-34-26-18(2)6-8-20(4)28(26)41-32/h5-16H,1-4H3,(H,33,35,37)(H,34,36,38). The Morgan fingerprint density at radius 2 is 0.927 bits per heavy atom. The van der Waals surface area contributed by atoms with Crippen molar-refractivity contribution in [1.82, 2.24) is 9.97 Å². The minimum Gasteiger partial charge on any atom is -0.457 e. The number of nitrogens with one attached hydrogen (secondary N) is 2. The van der Waals surface area contributed by atoms with Gasteiger partial charge in [-0.15, -0.1) is 0 Å². The molecule has 4 aromatic carbocycles. The van der Waals surface area contributed by atoms with Crippen molar-refractivity contribution in [3.8, 4) is 11.5 Å². The Morgan fingerprint density at radius 1 is 0.561 bits per heavy atom. The number of ether oxygens (including phenoxy) is 1. The number of anilines is 2. The summed E-state index contributed by atoms with van der Waals surface area (Å²) in [4.78, 5) is 34.8. The zero-order chi connectivity index (χ0) is 28.7. The minimum absolute atomic E-state index is 0.236. The number of fused-ring (bicyclic) bond motifs is 2. The lowest BCUT2D eigenvalue weighted by molar-refractivity contribution is 0.101. The van der Waals surface area contributed by atoms with Gasteiger partial charge >= 0.3 is 0 Å². The first-order chi connectivity index (χ1) is 19.7. The van der Waals surface area contributed by atoms with Gasteiger partial charge in [0.05, 0.1) is 20.4 Å². The monoisotopic (exact) mass is 578 g/mol. The number of benzene rings is 4. The number of aromatic nitrogens is 2. The molecule has 0 aliphatic rings. The van der Waals surface area contributed by atoms with Gasteiger partial charge in [0.15, 0.2) is 10.3 Å². The zero-order valence-corrected chi connectivity index (χ0v) is 24.5. The van der Waals surface area contributed by atoms with Crippen LogP contribution in [0.25, 0.3) is 20.4 Å². The summed E-state index contributed by atoms with van der Waals surface area (Å²) in [5.41, 5.74) is 7.26. The highest BCUT2D eigenvalue weighted by atomic mass is 32.1. The first-order valence-electron chi connectivity index (χ1n) is 13.0. The second-order valence-corrected chi connectivity index (χ2v) is 11.8. The number of hydrogen-bond donors (Lipinski definition) is 2. The van der Waals surface area contributed by atoms with Crippen molar-refractivity contribution in [3.05, 3.63) is 106 Å². The lowest BCUT2D eigenvalue weighted by Gasteiger charge is -2.08. The molecule has 0 aliphatic carbocycles. The van der Waals surface area contributed by atoms with E-state index in [1.807, 2.05) is 39.8 Å². The fourth-order valence-electron chi connectivity index (χ4n) is 4.45. The van der Waals surface area contributed by atoms with Crippen molar-refractivity contribution in [1.29, 1.82) is 0 Å². The van der Waals surface area contributed by atoms with E-state index in [0.29, 0.717) is 32.9 Å². The molecule has 0 spiro atoms. The molecule has 0 radical (unpaired) electrons. The van der Waals surface area contributed by atoms with Gasteiger partial charge in [0, 0.05) is 11.1 Å². The summed E-state index contributed by atoms with van der Waals surface area (Å²) in [6.07, 6.45) is 0. The Hall–Kier alpha value is -4.60. The number of carbonyl (C=O) groups excluding carboxylic acids is 2. The van der Waals surface area contributed by atoms with E-state index in [4.69, 9.17) is 4.74 Å². The molecule has 9 heteroatoms. The van der Waals surface area contributed by atoms with Crippen LogP contribution in [0, 0.1) is 27.7 Å². The molecule has 0 saturated heterocycles. The molecule has 0 fully saturated rings. The van der Waals surface area contributed by atoms with Gasteiger partial charge in [0.2, 0.25) is 0 Å². The largest absolute Gasteiger partial charge is 0.457 e. The first kappa shape index (κ1) is 26.6. The smallest absolute Gasteiger partial charge is 0.257 e. The average molecular weight is 579 g/mol. The topological polar surface area (TPSA) is 93.2 Å². The molecule has 0 atom stereocenters. The maximum Gasteiger partial charge on any atom is 0.257 e. The van der Waals surface area contributed by atoms with Crippen LogP contribution in [0.2, 0.25) is 0 Å². The van der Waals surface area contributed by atoms with Crippen molar-refractivity contribution in [2.45, 2.75) is 27.7 Å². The molecule has 0 unspecified atom stereocenters. The molecule has 0 bridgehead atoms. The molecule has 7 nitrogen and oxygen atoms in total. The number of carbonyl (C=O) groups is 2. The molecular weight excluding hydrogens is 553 g/mol. The van der Waals surface area contributed by atoms with E-state index in [-0.39, 0.29) is 11.8 Å². The molecular formula is C32H26N4O3S2. The highest BCUT2D eigenvalue weighted by Gasteiger charge is 2.14. The molecule has 2 amide bonds. The van der Waals surface area contributed by atoms with Crippen LogP contribution in [-0.2, 0) is 0 Å². The first-order valence-corrected chi connectivity index (χ1v) is 14.6. The van der Waals surface area contributed by atoms with Crippen molar-refractivity contribution in [2.24, 2.45) is 0 Å². The highest BCUT2D eigenvalue weighted by molar-refractivity contribution is 7.23. The van der Waals surface area contributed by atoms with Crippen LogP contribution in [0.5, 0.6) is 11.5 Å². The van der Waals surface area contributed by atoms with Crippen molar-refractivity contribution >= 4 is 65.2 Å². The predicted molar refractivity (Wildman–Crippen MR) is 167 cm³/mol. The Morgan fingerprint density at radius 3 is 1.29 bits per heavy atom. The van der Waals surface area contributed by atoms with E-state index >= 15 is 0 Å². The van der Waals surface area contributed by atoms with E-state index < -0.39 is 0 Å². The summed E-state index contributed by atoms with van der Waals surface area (Å²) in [6, 6.07) is 22.0. The summed E-state index contributed by atoms with van der Waals surface area (Å²) < 4.78 is 8.09. The summed E-state index contributed by atoms with van der Waals surface area (Å²) in [6.45, 7) is 8.11. The Balaban J connectivity index is 1.08. The number of rotatable bonds is 6. The van der Waals surface area contributed by atoms with E-state index in [1.54, 1.807) is 48.5 Å². The quantitative estimate of drug-likeness (QED) is 0.207. The van der Waals surface area contributed by atoms with Crippen LogP contribution < -0.4 is 15.4 Å². The lowest BCUT2D eigenvalue weighted by atomic mass is 10.1. The van der Waals surface area contributed by atoms with Crippen LogP contribution in [0.1, 0.15) is 43.0 Å². The highest BCUT2D eigenvalue weighted by Crippen LogP contribution is 2.32. The van der Waals surface area contributed by atoms with E-state index in [2.05, 4.69) is 32.7 Å². The van der Waals surface area contributed by atoms with Crippen LogP contribution in [0.15, 0.2) is 72.8 Å². The summed E-state index contributed by atoms with van der Waals surface area (Å²) in [7, 11) is 0. The van der Waals surface area contributed by atoms with Gasteiger partial charge in [-0.2, -0.15) is 0 Å². The molecule has 2 aromatic heterocycles. The molecule has 2 N–H and O–H groups in total. The third kappa shape index (κ3) is 5.41. The summed E-state index contributed by atoms with van der Waals surface area (Å²) >= 11 is 2.94. The van der Waals surface area contributed by atoms with E-state index in [1.165, 1.54) is 22.7 Å². The lowest BCUT2D eigenvalue weighted by Crippen LogP contribution is -2.11. The molecule has 6 rings (SSSR count). The second kappa shape index (κ2) is 10.8. The molecule has 2 heterocycles. The molecule has 0 aliphatic heterocycles. The third-order valence-corrected chi connectivity index (χ3v) is 9.01. The molecule has 204 valence electrons.